The molecule has 3 N–H and O–H groups in total. The summed E-state index contributed by atoms with van der Waals surface area (Å²) in [5, 5.41) is 12.9. The van der Waals surface area contributed by atoms with E-state index >= 15 is 0 Å². The molecule has 8 heteroatoms. The number of benzene rings is 1. The standard InChI is InChI=1S/C12H13F3N2O3/c1-7(6-18)16-10(19)11(20)17-9-4-2-3-8(5-9)12(13,14)15/h2-5,7,18H,6H2,1H3,(H,16,19)(H,17,20). The van der Waals surface area contributed by atoms with Crippen molar-refractivity contribution in [3.63, 3.8) is 0 Å². The minimum atomic E-state index is -4.53. The number of halogens is 3. The molecule has 0 saturated heterocycles. The zero-order chi connectivity index (χ0) is 15.3. The van der Waals surface area contributed by atoms with Gasteiger partial charge < -0.3 is 15.7 Å². The first-order valence-corrected chi connectivity index (χ1v) is 5.64. The van der Waals surface area contributed by atoms with Crippen LogP contribution in [0.2, 0.25) is 0 Å². The van der Waals surface area contributed by atoms with Gasteiger partial charge >= 0.3 is 18.0 Å². The molecule has 1 unspecified atom stereocenters. The van der Waals surface area contributed by atoms with E-state index in [0.29, 0.717) is 0 Å². The number of carbonyl (C=O) groups is 2. The van der Waals surface area contributed by atoms with E-state index in [0.717, 1.165) is 18.2 Å². The molecule has 0 aliphatic carbocycles. The molecule has 5 nitrogen and oxygen atoms in total. The third-order valence-corrected chi connectivity index (χ3v) is 2.31. The van der Waals surface area contributed by atoms with Crippen molar-refractivity contribution >= 4 is 17.5 Å². The van der Waals surface area contributed by atoms with Gasteiger partial charge in [0.1, 0.15) is 0 Å². The summed E-state index contributed by atoms with van der Waals surface area (Å²) in [6, 6.07) is 3.29. The van der Waals surface area contributed by atoms with Gasteiger partial charge in [-0.3, -0.25) is 9.59 Å². The Hall–Kier alpha value is -2.09. The Bertz CT molecular complexity index is 503. The monoisotopic (exact) mass is 290 g/mol. The van der Waals surface area contributed by atoms with Crippen molar-refractivity contribution in [1.29, 1.82) is 0 Å². The van der Waals surface area contributed by atoms with E-state index in [1.54, 1.807) is 0 Å². The lowest BCUT2D eigenvalue weighted by molar-refractivity contribution is -0.137. The van der Waals surface area contributed by atoms with Crippen molar-refractivity contribution in [2.45, 2.75) is 19.1 Å². The van der Waals surface area contributed by atoms with Crippen molar-refractivity contribution in [3.8, 4) is 0 Å². The predicted octanol–water partition coefficient (Wildman–Crippen LogP) is 1.14. The highest BCUT2D eigenvalue weighted by molar-refractivity contribution is 6.39. The Morgan fingerprint density at radius 2 is 1.95 bits per heavy atom. The second-order valence-electron chi connectivity index (χ2n) is 4.09. The van der Waals surface area contributed by atoms with E-state index in [-0.39, 0.29) is 12.3 Å². The number of anilines is 1. The van der Waals surface area contributed by atoms with Gasteiger partial charge in [0.05, 0.1) is 12.2 Å². The third kappa shape index (κ3) is 4.54. The molecular formula is C12H13F3N2O3. The van der Waals surface area contributed by atoms with Gasteiger partial charge in [-0.1, -0.05) is 6.07 Å². The fourth-order valence-electron chi connectivity index (χ4n) is 1.30. The first kappa shape index (κ1) is 16.0. The van der Waals surface area contributed by atoms with Gasteiger partial charge in [-0.15, -0.1) is 0 Å². The highest BCUT2D eigenvalue weighted by Crippen LogP contribution is 2.30. The van der Waals surface area contributed by atoms with Crippen LogP contribution in [0.3, 0.4) is 0 Å². The maximum absolute atomic E-state index is 12.5. The van der Waals surface area contributed by atoms with E-state index in [9.17, 15) is 22.8 Å². The number of aliphatic hydroxyl groups is 1. The summed E-state index contributed by atoms with van der Waals surface area (Å²) in [7, 11) is 0. The molecule has 0 aromatic heterocycles. The minimum absolute atomic E-state index is 0.142. The lowest BCUT2D eigenvalue weighted by Gasteiger charge is -2.12. The van der Waals surface area contributed by atoms with Crippen molar-refractivity contribution in [2.24, 2.45) is 0 Å². The minimum Gasteiger partial charge on any atom is -0.394 e. The van der Waals surface area contributed by atoms with Crippen molar-refractivity contribution < 1.29 is 27.9 Å². The van der Waals surface area contributed by atoms with Crippen LogP contribution in [0, 0.1) is 0 Å². The van der Waals surface area contributed by atoms with Gasteiger partial charge in [-0.05, 0) is 25.1 Å². The molecular weight excluding hydrogens is 277 g/mol. The quantitative estimate of drug-likeness (QED) is 0.730. The largest absolute Gasteiger partial charge is 0.416 e. The maximum atomic E-state index is 12.5. The number of carbonyl (C=O) groups excluding carboxylic acids is 2. The summed E-state index contributed by atoms with van der Waals surface area (Å²) in [5.74, 6) is -2.14. The van der Waals surface area contributed by atoms with Gasteiger partial charge in [0.25, 0.3) is 0 Å². The summed E-state index contributed by atoms with van der Waals surface area (Å²) < 4.78 is 37.4. The Labute approximate surface area is 112 Å². The van der Waals surface area contributed by atoms with Gasteiger partial charge in [0.15, 0.2) is 0 Å². The number of rotatable bonds is 3. The Balaban J connectivity index is 2.74. The summed E-state index contributed by atoms with van der Waals surface area (Å²) >= 11 is 0. The highest BCUT2D eigenvalue weighted by atomic mass is 19.4. The molecule has 0 bridgehead atoms. The van der Waals surface area contributed by atoms with Crippen LogP contribution >= 0.6 is 0 Å². The molecule has 1 atom stereocenters. The molecule has 0 fully saturated rings. The van der Waals surface area contributed by atoms with Crippen molar-refractivity contribution in [1.82, 2.24) is 5.32 Å². The second kappa shape index (κ2) is 6.38. The van der Waals surface area contributed by atoms with Crippen LogP contribution in [0.4, 0.5) is 18.9 Å². The van der Waals surface area contributed by atoms with Gasteiger partial charge in [0.2, 0.25) is 0 Å². The predicted molar refractivity (Wildman–Crippen MR) is 64.8 cm³/mol. The first-order chi connectivity index (χ1) is 9.24. The van der Waals surface area contributed by atoms with Gasteiger partial charge in [-0.2, -0.15) is 13.2 Å². The zero-order valence-electron chi connectivity index (χ0n) is 10.5. The average Bonchev–Trinajstić information content (AvgIpc) is 2.37. The lowest BCUT2D eigenvalue weighted by atomic mass is 10.2. The molecule has 1 aromatic carbocycles. The number of alkyl halides is 3. The van der Waals surface area contributed by atoms with Crippen LogP contribution < -0.4 is 10.6 Å². The molecule has 0 saturated carbocycles. The first-order valence-electron chi connectivity index (χ1n) is 5.64. The van der Waals surface area contributed by atoms with Crippen molar-refractivity contribution in [2.75, 3.05) is 11.9 Å². The highest BCUT2D eigenvalue weighted by Gasteiger charge is 2.30. The Morgan fingerprint density at radius 1 is 1.30 bits per heavy atom. The topological polar surface area (TPSA) is 78.4 Å². The number of hydrogen-bond donors (Lipinski definition) is 3. The van der Waals surface area contributed by atoms with Crippen LogP contribution in [-0.2, 0) is 15.8 Å². The number of aliphatic hydroxyl groups excluding tert-OH is 1. The van der Waals surface area contributed by atoms with Crippen LogP contribution in [0.1, 0.15) is 12.5 Å². The average molecular weight is 290 g/mol. The molecule has 20 heavy (non-hydrogen) atoms. The number of hydrogen-bond acceptors (Lipinski definition) is 3. The number of amides is 2. The Morgan fingerprint density at radius 3 is 2.50 bits per heavy atom. The Kier molecular flexibility index (Phi) is 5.09. The van der Waals surface area contributed by atoms with Crippen LogP contribution in [0.15, 0.2) is 24.3 Å². The SMILES string of the molecule is CC(CO)NC(=O)C(=O)Nc1cccc(C(F)(F)F)c1. The zero-order valence-corrected chi connectivity index (χ0v) is 10.5. The summed E-state index contributed by atoms with van der Waals surface area (Å²) in [5.41, 5.74) is -1.07. The van der Waals surface area contributed by atoms with Crippen LogP contribution in [0.5, 0.6) is 0 Å². The molecule has 0 heterocycles. The van der Waals surface area contributed by atoms with E-state index in [2.05, 4.69) is 10.6 Å². The molecule has 1 rings (SSSR count). The molecule has 0 spiro atoms. The lowest BCUT2D eigenvalue weighted by Crippen LogP contribution is -2.42. The van der Waals surface area contributed by atoms with Gasteiger partial charge in [-0.25, -0.2) is 0 Å². The van der Waals surface area contributed by atoms with Crippen LogP contribution in [0.25, 0.3) is 0 Å². The molecule has 0 radical (unpaired) electrons. The van der Waals surface area contributed by atoms with Crippen LogP contribution in [-0.4, -0.2) is 29.6 Å². The maximum Gasteiger partial charge on any atom is 0.416 e. The molecule has 0 aliphatic heterocycles. The second-order valence-corrected chi connectivity index (χ2v) is 4.09. The summed E-state index contributed by atoms with van der Waals surface area (Å²) in [6.07, 6.45) is -4.53. The smallest absolute Gasteiger partial charge is 0.394 e. The molecule has 110 valence electrons. The van der Waals surface area contributed by atoms with E-state index in [4.69, 9.17) is 5.11 Å². The molecule has 2 amide bonds. The fraction of sp³-hybridized carbons (Fsp3) is 0.333. The van der Waals surface area contributed by atoms with Gasteiger partial charge in [0, 0.05) is 11.7 Å². The summed E-state index contributed by atoms with van der Waals surface area (Å²) in [6.45, 7) is 1.11. The summed E-state index contributed by atoms with van der Waals surface area (Å²) in [4.78, 5) is 22.8. The van der Waals surface area contributed by atoms with E-state index in [1.165, 1.54) is 13.0 Å². The third-order valence-electron chi connectivity index (χ3n) is 2.31. The van der Waals surface area contributed by atoms with Crippen molar-refractivity contribution in [3.05, 3.63) is 29.8 Å². The van der Waals surface area contributed by atoms with E-state index in [1.807, 2.05) is 0 Å². The normalized spacial score (nSPS) is 12.7. The fourth-order valence-corrected chi connectivity index (χ4v) is 1.30. The molecule has 0 aliphatic rings. The van der Waals surface area contributed by atoms with E-state index < -0.39 is 29.6 Å². The number of nitrogens with one attached hydrogen (secondary N) is 2. The molecule has 1 aromatic rings.